The molecule has 1 aromatic carbocycles. The number of allylic oxidation sites excluding steroid dienone is 2. The maximum atomic E-state index is 13.2. The zero-order valence-corrected chi connectivity index (χ0v) is 17.0. The monoisotopic (exact) mass is 419 g/mol. The molecule has 3 aliphatic rings. The zero-order valence-electron chi connectivity index (χ0n) is 16.2. The summed E-state index contributed by atoms with van der Waals surface area (Å²) in [6, 6.07) is 6.42. The average molecular weight is 420 g/mol. The minimum absolute atomic E-state index is 0.0186. The van der Waals surface area contributed by atoms with Gasteiger partial charge in [-0.3, -0.25) is 14.5 Å². The number of fused-ring (bicyclic) bond motifs is 1. The molecule has 29 heavy (non-hydrogen) atoms. The van der Waals surface area contributed by atoms with Gasteiger partial charge in [0.05, 0.1) is 13.2 Å². The molecule has 1 aromatic rings. The molecule has 0 radical (unpaired) electrons. The number of ether oxygens (including phenoxy) is 1. The van der Waals surface area contributed by atoms with Crippen molar-refractivity contribution >= 4 is 21.6 Å². The fourth-order valence-corrected chi connectivity index (χ4v) is 5.39. The van der Waals surface area contributed by atoms with Crippen LogP contribution in [0.25, 0.3) is 0 Å². The number of ketones is 2. The van der Waals surface area contributed by atoms with Crippen molar-refractivity contribution in [2.24, 2.45) is 0 Å². The summed E-state index contributed by atoms with van der Waals surface area (Å²) in [6.45, 7) is 4.58. The third-order valence-electron chi connectivity index (χ3n) is 5.57. The highest BCUT2D eigenvalue weighted by molar-refractivity contribution is 7.94. The minimum Gasteiger partial charge on any atom is -0.379 e. The molecule has 1 N–H and O–H groups in total. The van der Waals surface area contributed by atoms with E-state index in [1.54, 1.807) is 23.1 Å². The van der Waals surface area contributed by atoms with E-state index in [0.29, 0.717) is 32.8 Å². The summed E-state index contributed by atoms with van der Waals surface area (Å²) in [5.74, 6) is -1.00. The third-order valence-corrected chi connectivity index (χ3v) is 7.07. The van der Waals surface area contributed by atoms with Crippen LogP contribution in [0.15, 0.2) is 34.9 Å². The second-order valence-corrected chi connectivity index (χ2v) is 9.13. The molecular formula is C20H25N3O5S. The molecule has 0 atom stereocenters. The molecule has 8 nitrogen and oxygen atoms in total. The number of nitrogens with one attached hydrogen (secondary N) is 1. The molecule has 0 bridgehead atoms. The third kappa shape index (κ3) is 4.00. The van der Waals surface area contributed by atoms with Crippen LogP contribution in [0.1, 0.15) is 33.6 Å². The smallest absolute Gasteiger partial charge is 0.246 e. The maximum Gasteiger partial charge on any atom is 0.246 e. The molecule has 0 amide bonds. The summed E-state index contributed by atoms with van der Waals surface area (Å²) in [5.41, 5.74) is 0.436. The van der Waals surface area contributed by atoms with Crippen LogP contribution in [0.2, 0.25) is 0 Å². The lowest BCUT2D eigenvalue weighted by Crippen LogP contribution is -2.43. The molecule has 0 unspecified atom stereocenters. The van der Waals surface area contributed by atoms with Crippen LogP contribution >= 0.6 is 0 Å². The Morgan fingerprint density at radius 1 is 0.931 bits per heavy atom. The van der Waals surface area contributed by atoms with E-state index in [4.69, 9.17) is 4.74 Å². The maximum absolute atomic E-state index is 13.2. The highest BCUT2D eigenvalue weighted by atomic mass is 32.2. The van der Waals surface area contributed by atoms with E-state index in [1.165, 1.54) is 6.07 Å². The predicted molar refractivity (Wildman–Crippen MR) is 107 cm³/mol. The summed E-state index contributed by atoms with van der Waals surface area (Å²) in [5, 5.41) is 0. The van der Waals surface area contributed by atoms with E-state index >= 15 is 0 Å². The van der Waals surface area contributed by atoms with Gasteiger partial charge in [0.25, 0.3) is 0 Å². The first-order chi connectivity index (χ1) is 14.0. The van der Waals surface area contributed by atoms with Crippen LogP contribution in [-0.2, 0) is 14.8 Å². The predicted octanol–water partition coefficient (Wildman–Crippen LogP) is 0.625. The van der Waals surface area contributed by atoms with Crippen LogP contribution in [0, 0.1) is 0 Å². The molecule has 9 heteroatoms. The Morgan fingerprint density at radius 2 is 1.55 bits per heavy atom. The molecule has 0 spiro atoms. The second-order valence-electron chi connectivity index (χ2n) is 7.43. The Kier molecular flexibility index (Phi) is 5.82. The number of rotatable bonds is 6. The summed E-state index contributed by atoms with van der Waals surface area (Å²) in [6.07, 6.45) is 1.73. The quantitative estimate of drug-likeness (QED) is 0.722. The van der Waals surface area contributed by atoms with Crippen molar-refractivity contribution in [3.8, 4) is 0 Å². The largest absolute Gasteiger partial charge is 0.379 e. The molecule has 1 aliphatic carbocycles. The van der Waals surface area contributed by atoms with Gasteiger partial charge in [0, 0.05) is 50.4 Å². The van der Waals surface area contributed by atoms with Gasteiger partial charge in [-0.1, -0.05) is 24.3 Å². The van der Waals surface area contributed by atoms with Gasteiger partial charge in [-0.2, -0.15) is 0 Å². The standard InChI is InChI=1S/C20H25N3O5S/c24-18-15-5-1-2-6-16(15)19(25)20(17(18)23-8-3-4-9-23)29(26,27)21-7-10-22-11-13-28-14-12-22/h1-2,5-6,21H,3-4,7-14H2. The van der Waals surface area contributed by atoms with Crippen LogP contribution < -0.4 is 4.72 Å². The molecule has 156 valence electrons. The fraction of sp³-hybridized carbons (Fsp3) is 0.500. The number of morpholine rings is 1. The van der Waals surface area contributed by atoms with Crippen LogP contribution in [0.5, 0.6) is 0 Å². The van der Waals surface area contributed by atoms with Crippen molar-refractivity contribution in [2.45, 2.75) is 12.8 Å². The van der Waals surface area contributed by atoms with Crippen LogP contribution in [0.4, 0.5) is 0 Å². The Morgan fingerprint density at radius 3 is 2.21 bits per heavy atom. The van der Waals surface area contributed by atoms with Crippen molar-refractivity contribution in [3.63, 3.8) is 0 Å². The molecule has 0 aromatic heterocycles. The Balaban J connectivity index is 1.64. The Hall–Kier alpha value is -2.07. The first-order valence-electron chi connectivity index (χ1n) is 9.96. The summed E-state index contributed by atoms with van der Waals surface area (Å²) in [7, 11) is -4.14. The van der Waals surface area contributed by atoms with Gasteiger partial charge in [-0.05, 0) is 12.8 Å². The van der Waals surface area contributed by atoms with Gasteiger partial charge >= 0.3 is 0 Å². The van der Waals surface area contributed by atoms with Gasteiger partial charge in [0.1, 0.15) is 5.70 Å². The number of hydrogen-bond donors (Lipinski definition) is 1. The highest BCUT2D eigenvalue weighted by Gasteiger charge is 2.41. The van der Waals surface area contributed by atoms with Gasteiger partial charge in [0.2, 0.25) is 21.6 Å². The topological polar surface area (TPSA) is 96.0 Å². The molecule has 2 heterocycles. The summed E-state index contributed by atoms with van der Waals surface area (Å²) < 4.78 is 34.1. The van der Waals surface area contributed by atoms with Crippen molar-refractivity contribution in [1.82, 2.24) is 14.5 Å². The first-order valence-corrected chi connectivity index (χ1v) is 11.4. The lowest BCUT2D eigenvalue weighted by atomic mass is 9.92. The van der Waals surface area contributed by atoms with Crippen molar-refractivity contribution < 1.29 is 22.7 Å². The van der Waals surface area contributed by atoms with Crippen molar-refractivity contribution in [1.29, 1.82) is 0 Å². The number of Topliss-reactive ketones (excluding diaryl/α,β-unsaturated/α-hetero) is 2. The SMILES string of the molecule is O=C1C(N2CCCC2)=C(S(=O)(=O)NCCN2CCOCC2)C(=O)c2ccccc21. The van der Waals surface area contributed by atoms with Gasteiger partial charge in [0.15, 0.2) is 4.91 Å². The Bertz CT molecular complexity index is 945. The molecule has 4 rings (SSSR count). The van der Waals surface area contributed by atoms with Crippen LogP contribution in [-0.4, -0.2) is 82.3 Å². The highest BCUT2D eigenvalue weighted by Crippen LogP contribution is 2.32. The van der Waals surface area contributed by atoms with Crippen LogP contribution in [0.3, 0.4) is 0 Å². The van der Waals surface area contributed by atoms with E-state index < -0.39 is 26.5 Å². The zero-order chi connectivity index (χ0) is 20.4. The van der Waals surface area contributed by atoms with Crippen molar-refractivity contribution in [3.05, 3.63) is 46.0 Å². The summed E-state index contributed by atoms with van der Waals surface area (Å²) >= 11 is 0. The van der Waals surface area contributed by atoms with Gasteiger partial charge in [-0.25, -0.2) is 13.1 Å². The molecule has 2 saturated heterocycles. The lowest BCUT2D eigenvalue weighted by Gasteiger charge is -2.28. The fourth-order valence-electron chi connectivity index (χ4n) is 4.05. The van der Waals surface area contributed by atoms with E-state index in [1.807, 2.05) is 0 Å². The molecule has 0 saturated carbocycles. The number of carbonyl (C=O) groups excluding carboxylic acids is 2. The number of hydrogen-bond acceptors (Lipinski definition) is 7. The number of likely N-dealkylation sites (tertiary alicyclic amines) is 1. The Labute approximate surface area is 170 Å². The van der Waals surface area contributed by atoms with E-state index in [0.717, 1.165) is 25.9 Å². The number of carbonyl (C=O) groups is 2. The average Bonchev–Trinajstić information content (AvgIpc) is 3.25. The second kappa shape index (κ2) is 8.35. The minimum atomic E-state index is -4.14. The first kappa shape index (κ1) is 20.2. The lowest BCUT2D eigenvalue weighted by molar-refractivity contribution is 0.0390. The number of sulfonamides is 1. The van der Waals surface area contributed by atoms with E-state index in [2.05, 4.69) is 9.62 Å². The van der Waals surface area contributed by atoms with E-state index in [9.17, 15) is 18.0 Å². The summed E-state index contributed by atoms with van der Waals surface area (Å²) in [4.78, 5) is 29.8. The van der Waals surface area contributed by atoms with Gasteiger partial charge in [-0.15, -0.1) is 0 Å². The number of benzene rings is 1. The molecule has 2 aliphatic heterocycles. The van der Waals surface area contributed by atoms with E-state index in [-0.39, 0.29) is 23.4 Å². The molecular weight excluding hydrogens is 394 g/mol. The van der Waals surface area contributed by atoms with Crippen molar-refractivity contribution in [2.75, 3.05) is 52.5 Å². The molecule has 2 fully saturated rings. The van der Waals surface area contributed by atoms with Gasteiger partial charge < -0.3 is 9.64 Å². The normalized spacial score (nSPS) is 21.0. The number of nitrogens with zero attached hydrogens (tertiary/aromatic N) is 2.